The zero-order valence-electron chi connectivity index (χ0n) is 15.9. The minimum absolute atomic E-state index is 0.00316. The fourth-order valence-electron chi connectivity index (χ4n) is 3.83. The molecule has 1 unspecified atom stereocenters. The summed E-state index contributed by atoms with van der Waals surface area (Å²) in [7, 11) is 0. The van der Waals surface area contributed by atoms with Crippen molar-refractivity contribution in [1.82, 2.24) is 9.97 Å². The molecule has 0 fully saturated rings. The molecule has 2 heterocycles. The van der Waals surface area contributed by atoms with Crippen molar-refractivity contribution >= 4 is 29.1 Å². The molecule has 1 aliphatic heterocycles. The smallest absolute Gasteiger partial charge is 0.269 e. The maximum atomic E-state index is 13.0. The molecule has 0 radical (unpaired) electrons. The first-order chi connectivity index (χ1) is 14.0. The lowest BCUT2D eigenvalue weighted by molar-refractivity contribution is -0.384. The number of Topliss-reactive ketones (excluding diaryl/α,β-unsaturated/α-hetero) is 1. The Labute approximate surface area is 171 Å². The van der Waals surface area contributed by atoms with Crippen molar-refractivity contribution in [2.45, 2.75) is 43.7 Å². The molecule has 1 aliphatic carbocycles. The Morgan fingerprint density at radius 1 is 1.24 bits per heavy atom. The molecule has 0 bridgehead atoms. The summed E-state index contributed by atoms with van der Waals surface area (Å²) >= 11 is 1.47. The van der Waals surface area contributed by atoms with Crippen LogP contribution >= 0.6 is 11.8 Å². The van der Waals surface area contributed by atoms with Crippen LogP contribution in [0.1, 0.15) is 49.7 Å². The summed E-state index contributed by atoms with van der Waals surface area (Å²) in [6.45, 7) is 2.05. The summed E-state index contributed by atoms with van der Waals surface area (Å²) in [5.41, 5.74) is 2.08. The highest BCUT2D eigenvalue weighted by molar-refractivity contribution is 7.99. The first-order valence-corrected chi connectivity index (χ1v) is 10.5. The molecule has 0 saturated heterocycles. The second-order valence-corrected chi connectivity index (χ2v) is 8.14. The molecule has 29 heavy (non-hydrogen) atoms. The lowest BCUT2D eigenvalue weighted by atomic mass is 9.76. The average Bonchev–Trinajstić information content (AvgIpc) is 2.71. The third-order valence-electron chi connectivity index (χ3n) is 5.12. The van der Waals surface area contributed by atoms with Crippen LogP contribution in [0.5, 0.6) is 0 Å². The van der Waals surface area contributed by atoms with Gasteiger partial charge >= 0.3 is 0 Å². The first-order valence-electron chi connectivity index (χ1n) is 9.54. The Morgan fingerprint density at radius 3 is 2.69 bits per heavy atom. The van der Waals surface area contributed by atoms with Crippen LogP contribution in [0.3, 0.4) is 0 Å². The van der Waals surface area contributed by atoms with E-state index in [1.165, 1.54) is 23.9 Å². The van der Waals surface area contributed by atoms with Crippen LogP contribution in [0.4, 0.5) is 11.5 Å². The molecule has 9 heteroatoms. The minimum Gasteiger partial charge on any atom is -0.343 e. The van der Waals surface area contributed by atoms with E-state index in [0.717, 1.165) is 24.3 Å². The van der Waals surface area contributed by atoms with Gasteiger partial charge < -0.3 is 10.3 Å². The Kier molecular flexibility index (Phi) is 5.23. The second kappa shape index (κ2) is 7.82. The van der Waals surface area contributed by atoms with E-state index in [2.05, 4.69) is 22.2 Å². The first kappa shape index (κ1) is 19.4. The van der Waals surface area contributed by atoms with Crippen LogP contribution in [-0.2, 0) is 4.79 Å². The number of carbonyl (C=O) groups is 1. The molecule has 8 nitrogen and oxygen atoms in total. The van der Waals surface area contributed by atoms with Crippen molar-refractivity contribution in [2.24, 2.45) is 0 Å². The van der Waals surface area contributed by atoms with Gasteiger partial charge in [0.15, 0.2) is 10.9 Å². The maximum Gasteiger partial charge on any atom is 0.269 e. The van der Waals surface area contributed by atoms with Gasteiger partial charge in [0.25, 0.3) is 11.2 Å². The maximum absolute atomic E-state index is 13.0. The van der Waals surface area contributed by atoms with Crippen molar-refractivity contribution in [2.75, 3.05) is 11.1 Å². The second-order valence-electron chi connectivity index (χ2n) is 7.06. The van der Waals surface area contributed by atoms with Gasteiger partial charge in [-0.05, 0) is 24.8 Å². The number of hydrogen-bond acceptors (Lipinski definition) is 7. The van der Waals surface area contributed by atoms with Crippen molar-refractivity contribution in [1.29, 1.82) is 0 Å². The number of fused-ring (bicyclic) bond motifs is 1. The van der Waals surface area contributed by atoms with Crippen molar-refractivity contribution in [3.05, 3.63) is 67.1 Å². The van der Waals surface area contributed by atoms with Gasteiger partial charge in [0.1, 0.15) is 5.82 Å². The van der Waals surface area contributed by atoms with E-state index in [1.807, 2.05) is 0 Å². The molecule has 0 spiro atoms. The normalized spacial score (nSPS) is 18.1. The lowest BCUT2D eigenvalue weighted by Crippen LogP contribution is -2.32. The Bertz CT molecular complexity index is 1070. The molecule has 1 aromatic heterocycles. The number of hydrogen-bond donors (Lipinski definition) is 2. The summed E-state index contributed by atoms with van der Waals surface area (Å²) in [5.74, 6) is 0.706. The number of nitrogens with zero attached hydrogens (tertiary/aromatic N) is 2. The zero-order chi connectivity index (χ0) is 20.5. The van der Waals surface area contributed by atoms with Crippen LogP contribution in [0.2, 0.25) is 0 Å². The summed E-state index contributed by atoms with van der Waals surface area (Å²) in [6, 6.07) is 6.03. The van der Waals surface area contributed by atoms with E-state index in [9.17, 15) is 19.7 Å². The average molecular weight is 412 g/mol. The number of anilines is 1. The van der Waals surface area contributed by atoms with Gasteiger partial charge in [0.05, 0.1) is 10.5 Å². The van der Waals surface area contributed by atoms with Crippen molar-refractivity contribution in [3.8, 4) is 0 Å². The third kappa shape index (κ3) is 3.57. The molecule has 1 aromatic carbocycles. The molecule has 4 rings (SSSR count). The quantitative estimate of drug-likeness (QED) is 0.332. The molecule has 0 saturated carbocycles. The van der Waals surface area contributed by atoms with E-state index in [4.69, 9.17) is 0 Å². The van der Waals surface area contributed by atoms with Crippen LogP contribution < -0.4 is 10.9 Å². The number of H-pyrrole nitrogens is 1. The Morgan fingerprint density at radius 2 is 2.00 bits per heavy atom. The van der Waals surface area contributed by atoms with Crippen LogP contribution in [0.25, 0.3) is 0 Å². The molecule has 0 amide bonds. The molecular weight excluding hydrogens is 392 g/mol. The predicted molar refractivity (Wildman–Crippen MR) is 110 cm³/mol. The summed E-state index contributed by atoms with van der Waals surface area (Å²) in [6.07, 6.45) is 2.83. The number of nitro benzene ring substituents is 1. The van der Waals surface area contributed by atoms with E-state index >= 15 is 0 Å². The monoisotopic (exact) mass is 412 g/mol. The van der Waals surface area contributed by atoms with E-state index in [0.29, 0.717) is 40.5 Å². The fourth-order valence-corrected chi connectivity index (χ4v) is 4.55. The van der Waals surface area contributed by atoms with Crippen LogP contribution in [0.15, 0.2) is 45.5 Å². The largest absolute Gasteiger partial charge is 0.343 e. The summed E-state index contributed by atoms with van der Waals surface area (Å²) in [4.78, 5) is 43.7. The van der Waals surface area contributed by atoms with Gasteiger partial charge in [-0.15, -0.1) is 0 Å². The number of allylic oxidation sites excluding steroid dienone is 2. The standard InChI is InChI=1S/C20H20N4O4S/c1-2-10-29-20-22-18-17(19(26)23-20)15(11-6-8-12(9-7-11)24(27)28)16-13(21-18)4-3-5-14(16)25/h6-9,15H,2-5,10H2,1H3,(H2,21,22,23,26). The van der Waals surface area contributed by atoms with Gasteiger partial charge in [0.2, 0.25) is 0 Å². The van der Waals surface area contributed by atoms with Crippen LogP contribution in [-0.4, -0.2) is 26.4 Å². The number of non-ortho nitro benzene ring substituents is 1. The van der Waals surface area contributed by atoms with Gasteiger partial charge in [-0.25, -0.2) is 4.98 Å². The highest BCUT2D eigenvalue weighted by Gasteiger charge is 2.37. The molecular formula is C20H20N4O4S. The highest BCUT2D eigenvalue weighted by atomic mass is 32.2. The molecule has 2 aromatic rings. The highest BCUT2D eigenvalue weighted by Crippen LogP contribution is 2.43. The summed E-state index contributed by atoms with van der Waals surface area (Å²) < 4.78 is 0. The molecule has 2 N–H and O–H groups in total. The minimum atomic E-state index is -0.587. The van der Waals surface area contributed by atoms with E-state index in [1.54, 1.807) is 12.1 Å². The SMILES string of the molecule is CCCSc1nc2c(c(=O)[nH]1)C(c1ccc([N+](=O)[O-])cc1)C1=C(CCCC1=O)N2. The topological polar surface area (TPSA) is 118 Å². The Hall–Kier alpha value is -2.94. The van der Waals surface area contributed by atoms with Gasteiger partial charge in [-0.2, -0.15) is 0 Å². The van der Waals surface area contributed by atoms with Crippen LogP contribution in [0, 0.1) is 10.1 Å². The van der Waals surface area contributed by atoms with E-state index in [-0.39, 0.29) is 17.0 Å². The van der Waals surface area contributed by atoms with Crippen molar-refractivity contribution < 1.29 is 9.72 Å². The lowest BCUT2D eigenvalue weighted by Gasteiger charge is -2.32. The zero-order valence-corrected chi connectivity index (χ0v) is 16.7. The fraction of sp³-hybridized carbons (Fsp3) is 0.350. The molecule has 150 valence electrons. The van der Waals surface area contributed by atoms with Crippen molar-refractivity contribution in [3.63, 3.8) is 0 Å². The number of aromatic nitrogens is 2. The number of nitrogens with one attached hydrogen (secondary N) is 2. The number of aromatic amines is 1. The molecule has 1 atom stereocenters. The summed E-state index contributed by atoms with van der Waals surface area (Å²) in [5, 5.41) is 14.8. The number of nitro groups is 1. The number of thioether (sulfide) groups is 1. The number of carbonyl (C=O) groups excluding carboxylic acids is 1. The number of benzene rings is 1. The van der Waals surface area contributed by atoms with Gasteiger partial charge in [-0.3, -0.25) is 19.7 Å². The number of rotatable bonds is 5. The van der Waals surface area contributed by atoms with Gasteiger partial charge in [-0.1, -0.05) is 30.8 Å². The Balaban J connectivity index is 1.87. The number of ketones is 1. The van der Waals surface area contributed by atoms with E-state index < -0.39 is 10.8 Å². The van der Waals surface area contributed by atoms with Gasteiger partial charge in [0, 0.05) is 41.5 Å². The third-order valence-corrected chi connectivity index (χ3v) is 6.20. The predicted octanol–water partition coefficient (Wildman–Crippen LogP) is 3.74. The molecule has 2 aliphatic rings.